The smallest absolute Gasteiger partial charge is 0.0723 e. The molecule has 0 aromatic heterocycles. The molecule has 2 aromatic rings. The third-order valence-electron chi connectivity index (χ3n) is 3.46. The first kappa shape index (κ1) is 19.0. The van der Waals surface area contributed by atoms with Crippen LogP contribution in [0.3, 0.4) is 0 Å². The van der Waals surface area contributed by atoms with Crippen LogP contribution in [0.1, 0.15) is 13.8 Å². The van der Waals surface area contributed by atoms with Gasteiger partial charge in [0.05, 0.1) is 4.58 Å². The van der Waals surface area contributed by atoms with E-state index in [0.717, 1.165) is 29.7 Å². The van der Waals surface area contributed by atoms with E-state index in [1.165, 1.54) is 9.79 Å². The first-order valence-corrected chi connectivity index (χ1v) is 10.2. The van der Waals surface area contributed by atoms with Gasteiger partial charge in [-0.1, -0.05) is 37.0 Å². The minimum Gasteiger partial charge on any atom is -0.302 e. The second-order valence-electron chi connectivity index (χ2n) is 5.06. The predicted octanol–water partition coefficient (Wildman–Crippen LogP) is 6.55. The van der Waals surface area contributed by atoms with E-state index in [9.17, 15) is 0 Å². The minimum absolute atomic E-state index is 0.414. The fourth-order valence-corrected chi connectivity index (χ4v) is 5.00. The van der Waals surface area contributed by atoms with Crippen molar-refractivity contribution in [1.82, 2.24) is 4.90 Å². The Morgan fingerprint density at radius 3 is 1.52 bits per heavy atom. The molecule has 0 amide bonds. The third kappa shape index (κ3) is 6.60. The van der Waals surface area contributed by atoms with Crippen LogP contribution in [0.15, 0.2) is 58.3 Å². The molecule has 124 valence electrons. The Morgan fingerprint density at radius 2 is 1.17 bits per heavy atom. The molecule has 0 fully saturated rings. The van der Waals surface area contributed by atoms with Gasteiger partial charge < -0.3 is 4.90 Å². The van der Waals surface area contributed by atoms with Crippen molar-refractivity contribution in [3.05, 3.63) is 58.6 Å². The van der Waals surface area contributed by atoms with E-state index in [2.05, 4.69) is 43.0 Å². The topological polar surface area (TPSA) is 3.24 Å². The van der Waals surface area contributed by atoms with Crippen molar-refractivity contribution in [2.24, 2.45) is 0 Å². The van der Waals surface area contributed by atoms with Crippen molar-refractivity contribution in [3.63, 3.8) is 0 Å². The summed E-state index contributed by atoms with van der Waals surface area (Å²) < 4.78 is 0.414. The van der Waals surface area contributed by atoms with Crippen molar-refractivity contribution < 1.29 is 0 Å². The summed E-state index contributed by atoms with van der Waals surface area (Å²) in [5.74, 6) is 0. The van der Waals surface area contributed by atoms with E-state index >= 15 is 0 Å². The van der Waals surface area contributed by atoms with Gasteiger partial charge in [0.2, 0.25) is 0 Å². The summed E-state index contributed by atoms with van der Waals surface area (Å²) in [6, 6.07) is 16.2. The molecule has 0 aliphatic heterocycles. The van der Waals surface area contributed by atoms with Gasteiger partial charge in [-0.2, -0.15) is 0 Å². The van der Waals surface area contributed by atoms with E-state index in [1.807, 2.05) is 47.8 Å². The Labute approximate surface area is 157 Å². The predicted molar refractivity (Wildman–Crippen MR) is 106 cm³/mol. The van der Waals surface area contributed by atoms with Crippen LogP contribution in [0, 0.1) is 0 Å². The minimum atomic E-state index is 0.414. The van der Waals surface area contributed by atoms with Crippen LogP contribution in [0.2, 0.25) is 10.0 Å². The van der Waals surface area contributed by atoms with E-state index < -0.39 is 0 Å². The van der Waals surface area contributed by atoms with E-state index in [0.29, 0.717) is 4.58 Å². The molecule has 0 spiro atoms. The summed E-state index contributed by atoms with van der Waals surface area (Å²) >= 11 is 15.7. The highest BCUT2D eigenvalue weighted by Gasteiger charge is 2.15. The van der Waals surface area contributed by atoms with Crippen LogP contribution in [0.4, 0.5) is 0 Å². The summed E-state index contributed by atoms with van der Waals surface area (Å²) in [4.78, 5) is 4.94. The molecule has 5 heteroatoms. The van der Waals surface area contributed by atoms with Crippen LogP contribution in [0.5, 0.6) is 0 Å². The van der Waals surface area contributed by atoms with Gasteiger partial charge in [0, 0.05) is 26.4 Å². The summed E-state index contributed by atoms with van der Waals surface area (Å²) in [7, 11) is 0. The van der Waals surface area contributed by atoms with Gasteiger partial charge in [-0.25, -0.2) is 0 Å². The first-order valence-electron chi connectivity index (χ1n) is 7.67. The molecule has 2 rings (SSSR count). The molecule has 0 heterocycles. The lowest BCUT2D eigenvalue weighted by Gasteiger charge is -2.24. The summed E-state index contributed by atoms with van der Waals surface area (Å²) in [6.07, 6.45) is 0. The van der Waals surface area contributed by atoms with Gasteiger partial charge in [0.25, 0.3) is 0 Å². The quantitative estimate of drug-likeness (QED) is 0.374. The number of thioether (sulfide) groups is 2. The van der Waals surface area contributed by atoms with Crippen molar-refractivity contribution >= 4 is 46.7 Å². The van der Waals surface area contributed by atoms with Gasteiger partial charge in [0.15, 0.2) is 0 Å². The maximum atomic E-state index is 5.99. The molecule has 0 aliphatic rings. The van der Waals surface area contributed by atoms with Gasteiger partial charge in [-0.15, -0.1) is 23.5 Å². The van der Waals surface area contributed by atoms with Gasteiger partial charge in [-0.05, 0) is 61.6 Å². The zero-order chi connectivity index (χ0) is 16.7. The lowest BCUT2D eigenvalue weighted by molar-refractivity contribution is 0.319. The maximum Gasteiger partial charge on any atom is 0.0723 e. The van der Waals surface area contributed by atoms with Crippen LogP contribution in [0.25, 0.3) is 0 Å². The van der Waals surface area contributed by atoms with Gasteiger partial charge >= 0.3 is 0 Å². The lowest BCUT2D eigenvalue weighted by Crippen LogP contribution is -2.29. The van der Waals surface area contributed by atoms with Gasteiger partial charge in [-0.3, -0.25) is 0 Å². The number of hydrogen-bond acceptors (Lipinski definition) is 3. The Hall–Kier alpha value is -0.320. The average molecular weight is 386 g/mol. The number of nitrogens with zero attached hydrogens (tertiary/aromatic N) is 1. The molecule has 2 aromatic carbocycles. The molecule has 0 aliphatic carbocycles. The fraction of sp³-hybridized carbons (Fsp3) is 0.333. The molecule has 23 heavy (non-hydrogen) atoms. The highest BCUT2D eigenvalue weighted by Crippen LogP contribution is 2.36. The summed E-state index contributed by atoms with van der Waals surface area (Å²) in [5, 5.41) is 1.56. The molecule has 1 nitrogen and oxygen atoms in total. The van der Waals surface area contributed by atoms with Crippen LogP contribution < -0.4 is 0 Å². The number of halogens is 2. The Morgan fingerprint density at radius 1 is 0.783 bits per heavy atom. The van der Waals surface area contributed by atoms with Crippen molar-refractivity contribution in [2.75, 3.05) is 19.6 Å². The standard InChI is InChI=1S/C18H21Cl2NS2/c1-3-21(4-2)13-18(22-16-9-5-14(19)6-10-16)23-17-11-7-15(20)8-12-17/h5-12,18H,3-4,13H2,1-2H3. The van der Waals surface area contributed by atoms with Crippen LogP contribution >= 0.6 is 46.7 Å². The highest BCUT2D eigenvalue weighted by molar-refractivity contribution is 8.17. The monoisotopic (exact) mass is 385 g/mol. The number of benzene rings is 2. The molecule has 0 radical (unpaired) electrons. The maximum absolute atomic E-state index is 5.99. The van der Waals surface area contributed by atoms with E-state index in [-0.39, 0.29) is 0 Å². The molecule has 0 unspecified atom stereocenters. The molecule has 0 bridgehead atoms. The third-order valence-corrected chi connectivity index (χ3v) is 6.46. The van der Waals surface area contributed by atoms with Crippen LogP contribution in [-0.2, 0) is 0 Å². The molecular formula is C18H21Cl2NS2. The largest absolute Gasteiger partial charge is 0.302 e. The van der Waals surface area contributed by atoms with Crippen molar-refractivity contribution in [2.45, 2.75) is 28.2 Å². The van der Waals surface area contributed by atoms with Crippen LogP contribution in [-0.4, -0.2) is 29.1 Å². The SMILES string of the molecule is CCN(CC)CC(Sc1ccc(Cl)cc1)Sc1ccc(Cl)cc1. The Bertz CT molecular complexity index is 535. The average Bonchev–Trinajstić information content (AvgIpc) is 2.56. The second kappa shape index (κ2) is 9.85. The molecule has 0 saturated carbocycles. The number of hydrogen-bond donors (Lipinski definition) is 0. The molecular weight excluding hydrogens is 365 g/mol. The van der Waals surface area contributed by atoms with Gasteiger partial charge in [0.1, 0.15) is 0 Å². The van der Waals surface area contributed by atoms with E-state index in [4.69, 9.17) is 23.2 Å². The fourth-order valence-electron chi connectivity index (χ4n) is 2.12. The number of rotatable bonds is 8. The molecule has 0 atom stereocenters. The first-order chi connectivity index (χ1) is 11.1. The zero-order valence-corrected chi connectivity index (χ0v) is 16.5. The highest BCUT2D eigenvalue weighted by atomic mass is 35.5. The van der Waals surface area contributed by atoms with E-state index in [1.54, 1.807) is 0 Å². The summed E-state index contributed by atoms with van der Waals surface area (Å²) in [6.45, 7) is 7.58. The Kier molecular flexibility index (Phi) is 8.14. The lowest BCUT2D eigenvalue weighted by atomic mass is 10.4. The Balaban J connectivity index is 2.09. The molecule has 0 N–H and O–H groups in total. The normalized spacial score (nSPS) is 11.4. The zero-order valence-electron chi connectivity index (χ0n) is 13.3. The van der Waals surface area contributed by atoms with Crippen molar-refractivity contribution in [1.29, 1.82) is 0 Å². The molecule has 0 saturated heterocycles. The second-order valence-corrected chi connectivity index (χ2v) is 8.78. The summed E-state index contributed by atoms with van der Waals surface area (Å²) in [5.41, 5.74) is 0. The van der Waals surface area contributed by atoms with Crippen molar-refractivity contribution in [3.8, 4) is 0 Å².